The van der Waals surface area contributed by atoms with E-state index in [1.165, 1.54) is 32.1 Å². The van der Waals surface area contributed by atoms with Gasteiger partial charge in [0.15, 0.2) is 0 Å². The highest BCUT2D eigenvalue weighted by Gasteiger charge is 1.96. The summed E-state index contributed by atoms with van der Waals surface area (Å²) in [6.45, 7) is 0. The van der Waals surface area contributed by atoms with Crippen molar-refractivity contribution in [2.24, 2.45) is 0 Å². The standard InChI is InChI=1S/C10H19BrO2/c11-9-7-5-3-1-2-4-6-8-10(12)13/h1-9H2,(H,12,13). The number of alkyl halides is 1. The van der Waals surface area contributed by atoms with Gasteiger partial charge in [-0.05, 0) is 12.8 Å². The lowest BCUT2D eigenvalue weighted by atomic mass is 10.1. The lowest BCUT2D eigenvalue weighted by Crippen LogP contribution is -1.93. The largest absolute Gasteiger partial charge is 0.481 e. The number of unbranched alkanes of at least 4 members (excludes halogenated alkanes) is 6. The second-order valence-electron chi connectivity index (χ2n) is 3.31. The fourth-order valence-corrected chi connectivity index (χ4v) is 1.65. The summed E-state index contributed by atoms with van der Waals surface area (Å²) >= 11 is 3.39. The Balaban J connectivity index is 2.87. The van der Waals surface area contributed by atoms with Crippen LogP contribution in [0.4, 0.5) is 0 Å². The van der Waals surface area contributed by atoms with Gasteiger partial charge in [0.05, 0.1) is 0 Å². The highest BCUT2D eigenvalue weighted by atomic mass is 79.9. The molecule has 0 rings (SSSR count). The third kappa shape index (κ3) is 12.0. The van der Waals surface area contributed by atoms with Crippen LogP contribution in [-0.2, 0) is 4.79 Å². The molecule has 78 valence electrons. The van der Waals surface area contributed by atoms with Gasteiger partial charge in [0, 0.05) is 11.8 Å². The van der Waals surface area contributed by atoms with E-state index in [0.29, 0.717) is 6.42 Å². The van der Waals surface area contributed by atoms with E-state index in [9.17, 15) is 4.79 Å². The minimum atomic E-state index is -0.667. The van der Waals surface area contributed by atoms with Gasteiger partial charge >= 0.3 is 5.97 Å². The van der Waals surface area contributed by atoms with Crippen LogP contribution >= 0.6 is 15.9 Å². The molecule has 0 fully saturated rings. The van der Waals surface area contributed by atoms with Gasteiger partial charge in [-0.15, -0.1) is 0 Å². The first-order valence-corrected chi connectivity index (χ1v) is 6.17. The van der Waals surface area contributed by atoms with Crippen LogP contribution in [0.2, 0.25) is 0 Å². The van der Waals surface area contributed by atoms with Crippen LogP contribution in [0.15, 0.2) is 0 Å². The first kappa shape index (κ1) is 12.9. The summed E-state index contributed by atoms with van der Waals surface area (Å²) in [7, 11) is 0. The van der Waals surface area contributed by atoms with E-state index in [1.807, 2.05) is 0 Å². The quantitative estimate of drug-likeness (QED) is 0.502. The van der Waals surface area contributed by atoms with E-state index in [1.54, 1.807) is 0 Å². The van der Waals surface area contributed by atoms with Gasteiger partial charge in [-0.2, -0.15) is 0 Å². The Morgan fingerprint density at radius 3 is 1.85 bits per heavy atom. The van der Waals surface area contributed by atoms with E-state index in [-0.39, 0.29) is 0 Å². The topological polar surface area (TPSA) is 37.3 Å². The molecule has 0 bridgehead atoms. The van der Waals surface area contributed by atoms with Gasteiger partial charge < -0.3 is 5.11 Å². The van der Waals surface area contributed by atoms with Crippen LogP contribution < -0.4 is 0 Å². The van der Waals surface area contributed by atoms with E-state index in [0.717, 1.165) is 18.2 Å². The minimum Gasteiger partial charge on any atom is -0.481 e. The molecular formula is C10H19BrO2. The molecule has 0 saturated carbocycles. The van der Waals surface area contributed by atoms with Crippen LogP contribution in [0, 0.1) is 0 Å². The molecule has 2 nitrogen and oxygen atoms in total. The van der Waals surface area contributed by atoms with Crippen molar-refractivity contribution in [3.63, 3.8) is 0 Å². The molecule has 0 aromatic carbocycles. The number of aliphatic carboxylic acids is 1. The second kappa shape index (κ2) is 10.0. The summed E-state index contributed by atoms with van der Waals surface area (Å²) in [6, 6.07) is 0. The zero-order chi connectivity index (χ0) is 9.94. The molecule has 0 aliphatic heterocycles. The van der Waals surface area contributed by atoms with Gasteiger partial charge in [0.1, 0.15) is 0 Å². The monoisotopic (exact) mass is 250 g/mol. The number of halogens is 1. The lowest BCUT2D eigenvalue weighted by Gasteiger charge is -1.99. The van der Waals surface area contributed by atoms with Crippen LogP contribution in [0.3, 0.4) is 0 Å². The molecule has 0 unspecified atom stereocenters. The second-order valence-corrected chi connectivity index (χ2v) is 4.10. The van der Waals surface area contributed by atoms with Gasteiger partial charge in [-0.3, -0.25) is 4.79 Å². The van der Waals surface area contributed by atoms with Gasteiger partial charge in [-0.25, -0.2) is 0 Å². The number of hydrogen-bond acceptors (Lipinski definition) is 1. The Morgan fingerprint density at radius 2 is 1.38 bits per heavy atom. The van der Waals surface area contributed by atoms with E-state index < -0.39 is 5.97 Å². The number of carboxylic acids is 1. The summed E-state index contributed by atoms with van der Waals surface area (Å²) in [6.07, 6.45) is 8.54. The molecule has 3 heteroatoms. The SMILES string of the molecule is O=C(O)CCCCCCCCCBr. The molecule has 0 saturated heterocycles. The Labute approximate surface area is 88.8 Å². The predicted octanol–water partition coefficient (Wildman–Crippen LogP) is 3.59. The van der Waals surface area contributed by atoms with Crippen molar-refractivity contribution in [3.8, 4) is 0 Å². The molecule has 0 aromatic rings. The van der Waals surface area contributed by atoms with Crippen molar-refractivity contribution >= 4 is 21.9 Å². The molecule has 1 N–H and O–H groups in total. The van der Waals surface area contributed by atoms with Crippen LogP contribution in [-0.4, -0.2) is 16.4 Å². The first-order valence-electron chi connectivity index (χ1n) is 5.05. The molecular weight excluding hydrogens is 232 g/mol. The lowest BCUT2D eigenvalue weighted by molar-refractivity contribution is -0.137. The molecule has 0 aliphatic carbocycles. The molecule has 0 amide bonds. The molecule has 0 atom stereocenters. The van der Waals surface area contributed by atoms with Gasteiger partial charge in [-0.1, -0.05) is 48.0 Å². The minimum absolute atomic E-state index is 0.335. The van der Waals surface area contributed by atoms with Crippen molar-refractivity contribution < 1.29 is 9.90 Å². The number of carboxylic acid groups (broad SMARTS) is 1. The normalized spacial score (nSPS) is 10.2. The summed E-state index contributed by atoms with van der Waals surface area (Å²) in [5, 5.41) is 9.48. The van der Waals surface area contributed by atoms with Crippen LogP contribution in [0.5, 0.6) is 0 Å². The van der Waals surface area contributed by atoms with Crippen molar-refractivity contribution in [3.05, 3.63) is 0 Å². The zero-order valence-electron chi connectivity index (χ0n) is 8.10. The van der Waals surface area contributed by atoms with Crippen LogP contribution in [0.25, 0.3) is 0 Å². The summed E-state index contributed by atoms with van der Waals surface area (Å²) in [4.78, 5) is 10.2. The maximum Gasteiger partial charge on any atom is 0.303 e. The molecule has 0 aromatic heterocycles. The summed E-state index contributed by atoms with van der Waals surface area (Å²) in [5.41, 5.74) is 0. The number of carbonyl (C=O) groups is 1. The fourth-order valence-electron chi connectivity index (χ4n) is 1.25. The van der Waals surface area contributed by atoms with E-state index >= 15 is 0 Å². The Hall–Kier alpha value is -0.0500. The average molecular weight is 251 g/mol. The maximum absolute atomic E-state index is 10.2. The third-order valence-corrected chi connectivity index (χ3v) is 2.59. The van der Waals surface area contributed by atoms with E-state index in [2.05, 4.69) is 15.9 Å². The predicted molar refractivity (Wildman–Crippen MR) is 58.4 cm³/mol. The molecule has 0 aliphatic rings. The summed E-state index contributed by atoms with van der Waals surface area (Å²) in [5.74, 6) is -0.667. The summed E-state index contributed by atoms with van der Waals surface area (Å²) < 4.78 is 0. The molecule has 13 heavy (non-hydrogen) atoms. The highest BCUT2D eigenvalue weighted by molar-refractivity contribution is 9.09. The van der Waals surface area contributed by atoms with Crippen molar-refractivity contribution in [1.29, 1.82) is 0 Å². The zero-order valence-corrected chi connectivity index (χ0v) is 9.68. The first-order chi connectivity index (χ1) is 6.27. The van der Waals surface area contributed by atoms with Crippen molar-refractivity contribution in [1.82, 2.24) is 0 Å². The maximum atomic E-state index is 10.2. The molecule has 0 heterocycles. The van der Waals surface area contributed by atoms with Gasteiger partial charge in [0.2, 0.25) is 0 Å². The third-order valence-electron chi connectivity index (χ3n) is 2.02. The molecule has 0 radical (unpaired) electrons. The molecule has 0 spiro atoms. The van der Waals surface area contributed by atoms with Crippen molar-refractivity contribution in [2.75, 3.05) is 5.33 Å². The van der Waals surface area contributed by atoms with Crippen LogP contribution in [0.1, 0.15) is 51.4 Å². The smallest absolute Gasteiger partial charge is 0.303 e. The average Bonchev–Trinajstić information content (AvgIpc) is 2.09. The van der Waals surface area contributed by atoms with Gasteiger partial charge in [0.25, 0.3) is 0 Å². The highest BCUT2D eigenvalue weighted by Crippen LogP contribution is 2.08. The number of hydrogen-bond donors (Lipinski definition) is 1. The number of rotatable bonds is 9. The fraction of sp³-hybridized carbons (Fsp3) is 0.900. The Morgan fingerprint density at radius 1 is 0.923 bits per heavy atom. The van der Waals surface area contributed by atoms with Crippen molar-refractivity contribution in [2.45, 2.75) is 51.4 Å². The Kier molecular flexibility index (Phi) is 10.00. The van der Waals surface area contributed by atoms with E-state index in [4.69, 9.17) is 5.11 Å². The Bertz CT molecular complexity index is 126.